The fourth-order valence-corrected chi connectivity index (χ4v) is 4.25. The van der Waals surface area contributed by atoms with Gasteiger partial charge in [-0.15, -0.1) is 0 Å². The van der Waals surface area contributed by atoms with Gasteiger partial charge in [0.15, 0.2) is 0 Å². The van der Waals surface area contributed by atoms with Crippen LogP contribution < -0.4 is 10.5 Å². The van der Waals surface area contributed by atoms with Gasteiger partial charge in [0.05, 0.1) is 28.7 Å². The first kappa shape index (κ1) is 21.9. The zero-order valence-electron chi connectivity index (χ0n) is 19.5. The molecule has 3 N–H and O–H groups in total. The van der Waals surface area contributed by atoms with E-state index in [1.165, 1.54) is 5.56 Å². The maximum absolute atomic E-state index is 6.34. The third-order valence-corrected chi connectivity index (χ3v) is 5.99. The van der Waals surface area contributed by atoms with E-state index in [-0.39, 0.29) is 6.04 Å². The SMILES string of the molecule is Cc1noc(C)c1-c1ncc(OC[C@@H](N)Cc2ccccc2)cc1-c1ccc2n[nH]c(C)c2c1. The lowest BCUT2D eigenvalue weighted by molar-refractivity contribution is 0.287. The summed E-state index contributed by atoms with van der Waals surface area (Å²) in [6.07, 6.45) is 2.48. The summed E-state index contributed by atoms with van der Waals surface area (Å²) in [5, 5.41) is 12.6. The van der Waals surface area contributed by atoms with Gasteiger partial charge in [-0.25, -0.2) is 0 Å². The van der Waals surface area contributed by atoms with Crippen LogP contribution in [0.4, 0.5) is 0 Å². The normalized spacial score (nSPS) is 12.2. The van der Waals surface area contributed by atoms with Gasteiger partial charge in [0, 0.05) is 22.7 Å². The van der Waals surface area contributed by atoms with E-state index in [0.717, 1.165) is 56.9 Å². The first-order valence-corrected chi connectivity index (χ1v) is 11.3. The Hall–Kier alpha value is -3.97. The number of H-pyrrole nitrogens is 1. The van der Waals surface area contributed by atoms with E-state index in [2.05, 4.69) is 33.6 Å². The van der Waals surface area contributed by atoms with Crippen molar-refractivity contribution in [1.29, 1.82) is 0 Å². The molecule has 0 amide bonds. The Morgan fingerprint density at radius 1 is 1.06 bits per heavy atom. The lowest BCUT2D eigenvalue weighted by Gasteiger charge is -2.15. The van der Waals surface area contributed by atoms with Crippen molar-refractivity contribution in [3.8, 4) is 28.1 Å². The highest BCUT2D eigenvalue weighted by Gasteiger charge is 2.19. The van der Waals surface area contributed by atoms with Crippen LogP contribution in [0.1, 0.15) is 22.7 Å². The molecular weight excluding hydrogens is 426 g/mol. The van der Waals surface area contributed by atoms with Crippen LogP contribution in [0.25, 0.3) is 33.3 Å². The Morgan fingerprint density at radius 3 is 2.65 bits per heavy atom. The Morgan fingerprint density at radius 2 is 1.88 bits per heavy atom. The van der Waals surface area contributed by atoms with Gasteiger partial charge in [-0.1, -0.05) is 41.6 Å². The molecule has 0 aliphatic heterocycles. The molecule has 0 aliphatic rings. The highest BCUT2D eigenvalue weighted by atomic mass is 16.5. The third-order valence-electron chi connectivity index (χ3n) is 5.99. The Balaban J connectivity index is 1.49. The third kappa shape index (κ3) is 4.30. The number of aromatic nitrogens is 4. The summed E-state index contributed by atoms with van der Waals surface area (Å²) >= 11 is 0. The fraction of sp³-hybridized carbons (Fsp3) is 0.222. The number of aryl methyl sites for hydroxylation is 3. The number of ether oxygens (including phenoxy) is 1. The summed E-state index contributed by atoms with van der Waals surface area (Å²) in [5.74, 6) is 1.39. The molecule has 7 heteroatoms. The van der Waals surface area contributed by atoms with Gasteiger partial charge in [0.25, 0.3) is 0 Å². The molecule has 3 aromatic heterocycles. The fourth-order valence-electron chi connectivity index (χ4n) is 4.25. The van der Waals surface area contributed by atoms with Crippen molar-refractivity contribution >= 4 is 10.9 Å². The zero-order valence-corrected chi connectivity index (χ0v) is 19.5. The Kier molecular flexibility index (Phi) is 5.86. The molecular formula is C27H27N5O2. The number of benzene rings is 2. The molecule has 5 aromatic rings. The quantitative estimate of drug-likeness (QED) is 0.353. The summed E-state index contributed by atoms with van der Waals surface area (Å²) in [6.45, 7) is 6.23. The van der Waals surface area contributed by atoms with Gasteiger partial charge in [-0.2, -0.15) is 5.10 Å². The second-order valence-electron chi connectivity index (χ2n) is 8.61. The lowest BCUT2D eigenvalue weighted by atomic mass is 9.97. The second kappa shape index (κ2) is 9.11. The van der Waals surface area contributed by atoms with Crippen LogP contribution in [0, 0.1) is 20.8 Å². The van der Waals surface area contributed by atoms with Crippen LogP contribution in [0.15, 0.2) is 65.3 Å². The molecule has 172 valence electrons. The van der Waals surface area contributed by atoms with Gasteiger partial charge in [0.1, 0.15) is 18.1 Å². The first-order chi connectivity index (χ1) is 16.5. The Bertz CT molecular complexity index is 1420. The van der Waals surface area contributed by atoms with Crippen molar-refractivity contribution in [3.63, 3.8) is 0 Å². The van der Waals surface area contributed by atoms with Gasteiger partial charge in [0.2, 0.25) is 0 Å². The molecule has 34 heavy (non-hydrogen) atoms. The van der Waals surface area contributed by atoms with E-state index in [0.29, 0.717) is 12.4 Å². The molecule has 0 unspecified atom stereocenters. The van der Waals surface area contributed by atoms with E-state index in [4.69, 9.17) is 20.0 Å². The summed E-state index contributed by atoms with van der Waals surface area (Å²) in [5.41, 5.74) is 13.9. The van der Waals surface area contributed by atoms with Crippen LogP contribution in [-0.4, -0.2) is 33.0 Å². The maximum Gasteiger partial charge on any atom is 0.143 e. The number of fused-ring (bicyclic) bond motifs is 1. The van der Waals surface area contributed by atoms with E-state index in [1.807, 2.05) is 57.2 Å². The standard InChI is InChI=1S/C27H27N5O2/c1-16-23-12-20(9-10-25(23)31-30-16)24-13-22(14-29-27(24)26-17(2)32-34-18(26)3)33-15-21(28)11-19-7-5-4-6-8-19/h4-10,12-14,21H,11,15,28H2,1-3H3,(H,30,31)/t21-/m0/s1. The predicted molar refractivity (Wildman–Crippen MR) is 133 cm³/mol. The molecule has 0 fully saturated rings. The summed E-state index contributed by atoms with van der Waals surface area (Å²) in [4.78, 5) is 4.78. The molecule has 1 atom stereocenters. The smallest absolute Gasteiger partial charge is 0.143 e. The van der Waals surface area contributed by atoms with E-state index < -0.39 is 0 Å². The average molecular weight is 454 g/mol. The topological polar surface area (TPSA) is 103 Å². The number of hydrogen-bond donors (Lipinski definition) is 2. The van der Waals surface area contributed by atoms with Gasteiger partial charge < -0.3 is 15.0 Å². The molecule has 7 nitrogen and oxygen atoms in total. The monoisotopic (exact) mass is 453 g/mol. The number of nitrogens with two attached hydrogens (primary N) is 1. The largest absolute Gasteiger partial charge is 0.490 e. The summed E-state index contributed by atoms with van der Waals surface area (Å²) in [7, 11) is 0. The average Bonchev–Trinajstić information content (AvgIpc) is 3.39. The highest BCUT2D eigenvalue weighted by Crippen LogP contribution is 2.37. The van der Waals surface area contributed by atoms with E-state index in [1.54, 1.807) is 6.20 Å². The van der Waals surface area contributed by atoms with Crippen molar-refractivity contribution in [2.45, 2.75) is 33.2 Å². The van der Waals surface area contributed by atoms with E-state index in [9.17, 15) is 0 Å². The molecule has 5 rings (SSSR count). The number of nitrogens with zero attached hydrogens (tertiary/aromatic N) is 3. The van der Waals surface area contributed by atoms with Crippen LogP contribution in [0.3, 0.4) is 0 Å². The van der Waals surface area contributed by atoms with Crippen LogP contribution in [0.5, 0.6) is 5.75 Å². The minimum atomic E-state index is -0.127. The molecule has 0 saturated heterocycles. The summed E-state index contributed by atoms with van der Waals surface area (Å²) in [6, 6.07) is 18.3. The number of nitrogens with one attached hydrogen (secondary N) is 1. The zero-order chi connectivity index (χ0) is 23.7. The van der Waals surface area contributed by atoms with Crippen molar-refractivity contribution in [3.05, 3.63) is 83.5 Å². The number of pyridine rings is 1. The molecule has 0 spiro atoms. The second-order valence-corrected chi connectivity index (χ2v) is 8.61. The highest BCUT2D eigenvalue weighted by molar-refractivity contribution is 5.90. The van der Waals surface area contributed by atoms with Crippen molar-refractivity contribution in [1.82, 2.24) is 20.3 Å². The van der Waals surface area contributed by atoms with Crippen molar-refractivity contribution < 1.29 is 9.26 Å². The summed E-state index contributed by atoms with van der Waals surface area (Å²) < 4.78 is 11.5. The number of aromatic amines is 1. The molecule has 2 aromatic carbocycles. The Labute approximate surface area is 198 Å². The van der Waals surface area contributed by atoms with Crippen LogP contribution in [0.2, 0.25) is 0 Å². The molecule has 0 saturated carbocycles. The molecule has 0 aliphatic carbocycles. The minimum Gasteiger partial charge on any atom is -0.490 e. The molecule has 3 heterocycles. The molecule has 0 radical (unpaired) electrons. The van der Waals surface area contributed by atoms with Gasteiger partial charge >= 0.3 is 0 Å². The van der Waals surface area contributed by atoms with E-state index >= 15 is 0 Å². The predicted octanol–water partition coefficient (Wildman–Crippen LogP) is 5.15. The number of hydrogen-bond acceptors (Lipinski definition) is 6. The lowest BCUT2D eigenvalue weighted by Crippen LogP contribution is -2.30. The first-order valence-electron chi connectivity index (χ1n) is 11.3. The van der Waals surface area contributed by atoms with Crippen LogP contribution >= 0.6 is 0 Å². The minimum absolute atomic E-state index is 0.127. The van der Waals surface area contributed by atoms with Gasteiger partial charge in [-0.3, -0.25) is 10.1 Å². The number of rotatable bonds is 7. The maximum atomic E-state index is 6.34. The van der Waals surface area contributed by atoms with Crippen molar-refractivity contribution in [2.24, 2.45) is 5.73 Å². The van der Waals surface area contributed by atoms with Crippen LogP contribution in [-0.2, 0) is 6.42 Å². The van der Waals surface area contributed by atoms with Crippen molar-refractivity contribution in [2.75, 3.05) is 6.61 Å². The van der Waals surface area contributed by atoms with Gasteiger partial charge in [-0.05, 0) is 56.5 Å². The molecule has 0 bridgehead atoms.